The normalized spacial score (nSPS) is 10.3. The Morgan fingerprint density at radius 1 is 1.00 bits per heavy atom. The van der Waals surface area contributed by atoms with Gasteiger partial charge in [-0.15, -0.1) is 0 Å². The van der Waals surface area contributed by atoms with Gasteiger partial charge in [-0.3, -0.25) is 24.8 Å². The van der Waals surface area contributed by atoms with Crippen molar-refractivity contribution in [3.05, 3.63) is 54.7 Å². The maximum absolute atomic E-state index is 11.8. The average Bonchev–Trinajstić information content (AvgIpc) is 2.44. The van der Waals surface area contributed by atoms with Gasteiger partial charge in [0.25, 0.3) is 5.56 Å². The van der Waals surface area contributed by atoms with E-state index in [1.807, 2.05) is 52.9 Å². The highest BCUT2D eigenvalue weighted by Gasteiger charge is 2.12. The topological polar surface area (TPSA) is 68.1 Å². The van der Waals surface area contributed by atoms with Gasteiger partial charge in [0.2, 0.25) is 0 Å². The van der Waals surface area contributed by atoms with Crippen LogP contribution >= 0.6 is 22.6 Å². The lowest BCUT2D eigenvalue weighted by atomic mass is 10.3. The highest BCUT2D eigenvalue weighted by molar-refractivity contribution is 14.1. The molecule has 1 heterocycles. The van der Waals surface area contributed by atoms with Crippen molar-refractivity contribution in [2.75, 3.05) is 10.9 Å². The monoisotopic (exact) mass is 372 g/mol. The zero-order valence-corrected chi connectivity index (χ0v) is 12.6. The molecule has 2 rings (SSSR count). The van der Waals surface area contributed by atoms with Gasteiger partial charge in [0, 0.05) is 14.1 Å². The molecule has 0 unspecified atom stereocenters. The number of halogens is 1. The molecule has 0 saturated carbocycles. The predicted octanol–water partition coefficient (Wildman–Crippen LogP) is 1.13. The molecule has 100 valence electrons. The lowest BCUT2D eigenvalue weighted by molar-refractivity contribution is 0.685. The van der Waals surface area contributed by atoms with Crippen molar-refractivity contribution in [2.45, 2.75) is 0 Å². The van der Waals surface area contributed by atoms with Gasteiger partial charge < -0.3 is 0 Å². The quantitative estimate of drug-likeness (QED) is 0.626. The molecule has 0 aliphatic rings. The van der Waals surface area contributed by atoms with Crippen LogP contribution in [0, 0.1) is 3.57 Å². The first-order chi connectivity index (χ1) is 9.02. The Labute approximate surface area is 123 Å². The predicted molar refractivity (Wildman–Crippen MR) is 83.3 cm³/mol. The summed E-state index contributed by atoms with van der Waals surface area (Å²) in [4.78, 5) is 23.7. The minimum absolute atomic E-state index is 0.318. The van der Waals surface area contributed by atoms with Crippen molar-refractivity contribution in [2.24, 2.45) is 14.1 Å². The maximum atomic E-state index is 11.8. The summed E-state index contributed by atoms with van der Waals surface area (Å²) in [5, 5.41) is 0. The van der Waals surface area contributed by atoms with Crippen molar-refractivity contribution in [1.29, 1.82) is 0 Å². The second kappa shape index (κ2) is 5.47. The summed E-state index contributed by atoms with van der Waals surface area (Å²) in [5.74, 6) is 0.442. The Hall–Kier alpha value is -1.77. The molecule has 0 aliphatic heterocycles. The SMILES string of the molecule is Cn1c(NNc2ccccc2)c(I)c(=O)n(C)c1=O. The van der Waals surface area contributed by atoms with Gasteiger partial charge in [-0.1, -0.05) is 18.2 Å². The fourth-order valence-electron chi connectivity index (χ4n) is 1.59. The molecule has 6 nitrogen and oxygen atoms in total. The molecule has 0 spiro atoms. The van der Waals surface area contributed by atoms with Gasteiger partial charge in [-0.2, -0.15) is 0 Å². The standard InChI is InChI=1S/C12H13IN4O2/c1-16-10(9(13)11(18)17(2)12(16)19)15-14-8-6-4-3-5-7-8/h3-7,14-15H,1-2H3. The van der Waals surface area contributed by atoms with Gasteiger partial charge in [0.15, 0.2) is 0 Å². The van der Waals surface area contributed by atoms with Crippen molar-refractivity contribution >= 4 is 34.1 Å². The van der Waals surface area contributed by atoms with E-state index in [-0.39, 0.29) is 11.2 Å². The Morgan fingerprint density at radius 2 is 1.63 bits per heavy atom. The average molecular weight is 372 g/mol. The van der Waals surface area contributed by atoms with Crippen LogP contribution in [0.25, 0.3) is 0 Å². The smallest absolute Gasteiger partial charge is 0.300 e. The second-order valence-electron chi connectivity index (χ2n) is 3.98. The van der Waals surface area contributed by atoms with Gasteiger partial charge >= 0.3 is 5.69 Å². The number of aromatic nitrogens is 2. The molecule has 0 amide bonds. The summed E-state index contributed by atoms with van der Waals surface area (Å²) in [7, 11) is 3.07. The molecular weight excluding hydrogens is 359 g/mol. The minimum atomic E-state index is -0.372. The van der Waals surface area contributed by atoms with E-state index in [2.05, 4.69) is 10.9 Å². The van der Waals surface area contributed by atoms with Gasteiger partial charge in [0.1, 0.15) is 9.39 Å². The molecule has 7 heteroatoms. The van der Waals surface area contributed by atoms with Crippen molar-refractivity contribution in [3.8, 4) is 0 Å². The number of nitrogens with one attached hydrogen (secondary N) is 2. The third-order valence-corrected chi connectivity index (χ3v) is 3.68. The Bertz CT molecular complexity index is 669. The lowest BCUT2D eigenvalue weighted by Crippen LogP contribution is -2.40. The molecular formula is C12H13IN4O2. The highest BCUT2D eigenvalue weighted by atomic mass is 127. The van der Waals surface area contributed by atoms with Crippen LogP contribution < -0.4 is 22.1 Å². The zero-order chi connectivity index (χ0) is 14.0. The first-order valence-corrected chi connectivity index (χ1v) is 6.63. The molecule has 2 aromatic rings. The van der Waals surface area contributed by atoms with E-state index in [1.54, 1.807) is 7.05 Å². The largest absolute Gasteiger partial charge is 0.332 e. The number of hydrazine groups is 1. The summed E-state index contributed by atoms with van der Waals surface area (Å²) in [6.07, 6.45) is 0. The first kappa shape index (κ1) is 13.7. The van der Waals surface area contributed by atoms with Crippen LogP contribution in [0.1, 0.15) is 0 Å². The van der Waals surface area contributed by atoms with E-state index in [9.17, 15) is 9.59 Å². The molecule has 0 fully saturated rings. The van der Waals surface area contributed by atoms with Crippen LogP contribution in [0.2, 0.25) is 0 Å². The Morgan fingerprint density at radius 3 is 2.26 bits per heavy atom. The van der Waals surface area contributed by atoms with Crippen LogP contribution in [-0.4, -0.2) is 9.13 Å². The molecule has 0 bridgehead atoms. The van der Waals surface area contributed by atoms with Gasteiger partial charge in [-0.25, -0.2) is 4.79 Å². The molecule has 0 atom stereocenters. The number of benzene rings is 1. The van der Waals surface area contributed by atoms with E-state index in [0.717, 1.165) is 10.3 Å². The van der Waals surface area contributed by atoms with Crippen molar-refractivity contribution in [3.63, 3.8) is 0 Å². The Balaban J connectivity index is 2.36. The number of anilines is 2. The lowest BCUT2D eigenvalue weighted by Gasteiger charge is -2.15. The van der Waals surface area contributed by atoms with Crippen LogP contribution in [0.15, 0.2) is 39.9 Å². The van der Waals surface area contributed by atoms with E-state index >= 15 is 0 Å². The minimum Gasteiger partial charge on any atom is -0.300 e. The van der Waals surface area contributed by atoms with E-state index in [4.69, 9.17) is 0 Å². The number of hydrogen-bond acceptors (Lipinski definition) is 4. The third-order valence-electron chi connectivity index (χ3n) is 2.71. The fourth-order valence-corrected chi connectivity index (χ4v) is 2.45. The van der Waals surface area contributed by atoms with Crippen LogP contribution in [0.5, 0.6) is 0 Å². The molecule has 19 heavy (non-hydrogen) atoms. The molecule has 1 aromatic heterocycles. The van der Waals surface area contributed by atoms with Crippen molar-refractivity contribution < 1.29 is 0 Å². The van der Waals surface area contributed by atoms with Crippen LogP contribution in [0.4, 0.5) is 11.5 Å². The summed E-state index contributed by atoms with van der Waals surface area (Å²) >= 11 is 1.92. The zero-order valence-electron chi connectivity index (χ0n) is 10.5. The summed E-state index contributed by atoms with van der Waals surface area (Å²) < 4.78 is 2.92. The molecule has 0 aliphatic carbocycles. The Kier molecular flexibility index (Phi) is 3.93. The molecule has 0 radical (unpaired) electrons. The molecule has 2 N–H and O–H groups in total. The number of rotatable bonds is 3. The number of nitrogens with zero attached hydrogens (tertiary/aromatic N) is 2. The van der Waals surface area contributed by atoms with Crippen molar-refractivity contribution in [1.82, 2.24) is 9.13 Å². The fraction of sp³-hybridized carbons (Fsp3) is 0.167. The van der Waals surface area contributed by atoms with Gasteiger partial charge in [-0.05, 0) is 34.7 Å². The molecule has 0 saturated heterocycles. The summed E-state index contributed by atoms with van der Waals surface area (Å²) in [5.41, 5.74) is 6.00. The first-order valence-electron chi connectivity index (χ1n) is 5.55. The van der Waals surface area contributed by atoms with Gasteiger partial charge in [0.05, 0.1) is 5.69 Å². The van der Waals surface area contributed by atoms with E-state index < -0.39 is 0 Å². The highest BCUT2D eigenvalue weighted by Crippen LogP contribution is 2.12. The summed E-state index contributed by atoms with van der Waals surface area (Å²) in [6, 6.07) is 9.43. The van der Waals surface area contributed by atoms with E-state index in [1.165, 1.54) is 11.6 Å². The van der Waals surface area contributed by atoms with Crippen LogP contribution in [-0.2, 0) is 14.1 Å². The van der Waals surface area contributed by atoms with Crippen LogP contribution in [0.3, 0.4) is 0 Å². The molecule has 1 aromatic carbocycles. The third kappa shape index (κ3) is 2.65. The maximum Gasteiger partial charge on any atom is 0.332 e. The number of para-hydroxylation sites is 1. The second-order valence-corrected chi connectivity index (χ2v) is 5.06. The summed E-state index contributed by atoms with van der Waals surface area (Å²) in [6.45, 7) is 0. The number of hydrogen-bond donors (Lipinski definition) is 2. The van der Waals surface area contributed by atoms with E-state index in [0.29, 0.717) is 9.39 Å².